The molecular formula is C19H26N4O2. The van der Waals surface area contributed by atoms with Crippen LogP contribution in [0.15, 0.2) is 24.4 Å². The fourth-order valence-electron chi connectivity index (χ4n) is 4.00. The van der Waals surface area contributed by atoms with Crippen LogP contribution in [0.3, 0.4) is 0 Å². The molecule has 2 aliphatic rings. The molecule has 0 spiro atoms. The molecule has 25 heavy (non-hydrogen) atoms. The third-order valence-corrected chi connectivity index (χ3v) is 5.40. The molecule has 134 valence electrons. The van der Waals surface area contributed by atoms with Gasteiger partial charge in [-0.05, 0) is 38.4 Å². The van der Waals surface area contributed by atoms with Gasteiger partial charge < -0.3 is 14.0 Å². The van der Waals surface area contributed by atoms with Crippen LogP contribution in [0.4, 0.5) is 0 Å². The van der Waals surface area contributed by atoms with Gasteiger partial charge in [-0.2, -0.15) is 0 Å². The second-order valence-electron chi connectivity index (χ2n) is 6.99. The van der Waals surface area contributed by atoms with Gasteiger partial charge in [-0.15, -0.1) is 0 Å². The zero-order valence-corrected chi connectivity index (χ0v) is 14.9. The summed E-state index contributed by atoms with van der Waals surface area (Å²) in [4.78, 5) is 22.0. The van der Waals surface area contributed by atoms with Crippen LogP contribution in [0.25, 0.3) is 5.65 Å². The normalized spacial score (nSPS) is 22.4. The lowest BCUT2D eigenvalue weighted by molar-refractivity contribution is -0.142. The lowest BCUT2D eigenvalue weighted by atomic mass is 10.00. The number of aromatic nitrogens is 2. The Kier molecular flexibility index (Phi) is 4.72. The van der Waals surface area contributed by atoms with Gasteiger partial charge >= 0.3 is 0 Å². The Balaban J connectivity index is 1.56. The van der Waals surface area contributed by atoms with Crippen molar-refractivity contribution in [3.8, 4) is 0 Å². The van der Waals surface area contributed by atoms with Crippen molar-refractivity contribution in [3.05, 3.63) is 35.8 Å². The molecule has 0 unspecified atom stereocenters. The van der Waals surface area contributed by atoms with Gasteiger partial charge in [-0.3, -0.25) is 9.69 Å². The van der Waals surface area contributed by atoms with Gasteiger partial charge in [0.15, 0.2) is 0 Å². The Labute approximate surface area is 148 Å². The van der Waals surface area contributed by atoms with Crippen molar-refractivity contribution >= 4 is 11.6 Å². The Hall–Kier alpha value is -1.92. The first-order valence-corrected chi connectivity index (χ1v) is 9.27. The maximum absolute atomic E-state index is 13.0. The van der Waals surface area contributed by atoms with Crippen LogP contribution in [0.1, 0.15) is 30.7 Å². The minimum atomic E-state index is -0.0134. The molecule has 1 amide bonds. The third-order valence-electron chi connectivity index (χ3n) is 5.40. The monoisotopic (exact) mass is 342 g/mol. The summed E-state index contributed by atoms with van der Waals surface area (Å²) in [6.07, 6.45) is 5.30. The number of ether oxygens (including phenoxy) is 1. The predicted molar refractivity (Wildman–Crippen MR) is 95.4 cm³/mol. The highest BCUT2D eigenvalue weighted by molar-refractivity contribution is 5.82. The standard InChI is InChI=1S/C19H26N4O2/c1-15-17(23-9-5-3-7-18(23)20-15)14-22-8-4-2-6-16(22)19(24)21-10-12-25-13-11-21/h3,5,7,9,16H,2,4,6,8,10-14H2,1H3/t16-/m0/s1. The Morgan fingerprint density at radius 3 is 2.92 bits per heavy atom. The number of morpholine rings is 1. The molecular weight excluding hydrogens is 316 g/mol. The number of rotatable bonds is 3. The maximum atomic E-state index is 13.0. The first-order valence-electron chi connectivity index (χ1n) is 9.27. The summed E-state index contributed by atoms with van der Waals surface area (Å²) in [6, 6.07) is 6.06. The topological polar surface area (TPSA) is 50.1 Å². The number of hydrogen-bond donors (Lipinski definition) is 0. The van der Waals surface area contributed by atoms with Crippen molar-refractivity contribution in [3.63, 3.8) is 0 Å². The quantitative estimate of drug-likeness (QED) is 0.854. The molecule has 0 saturated carbocycles. The number of fused-ring (bicyclic) bond motifs is 1. The molecule has 2 aliphatic heterocycles. The first-order chi connectivity index (χ1) is 12.2. The highest BCUT2D eigenvalue weighted by atomic mass is 16.5. The number of nitrogens with zero attached hydrogens (tertiary/aromatic N) is 4. The van der Waals surface area contributed by atoms with E-state index in [4.69, 9.17) is 4.74 Å². The Bertz CT molecular complexity index is 751. The molecule has 2 saturated heterocycles. The summed E-state index contributed by atoms with van der Waals surface area (Å²) in [5.74, 6) is 0.273. The number of imidazole rings is 1. The largest absolute Gasteiger partial charge is 0.378 e. The van der Waals surface area contributed by atoms with Crippen molar-refractivity contribution in [2.45, 2.75) is 38.8 Å². The Morgan fingerprint density at radius 2 is 2.08 bits per heavy atom. The summed E-state index contributed by atoms with van der Waals surface area (Å²) in [6.45, 7) is 6.56. The third kappa shape index (κ3) is 3.28. The lowest BCUT2D eigenvalue weighted by Crippen LogP contribution is -2.53. The Morgan fingerprint density at radius 1 is 1.24 bits per heavy atom. The zero-order valence-electron chi connectivity index (χ0n) is 14.9. The SMILES string of the molecule is Cc1nc2ccccn2c1CN1CCCC[C@H]1C(=O)N1CCOCC1. The first kappa shape index (κ1) is 16.5. The van der Waals surface area contributed by atoms with E-state index in [9.17, 15) is 4.79 Å². The number of likely N-dealkylation sites (tertiary alicyclic amines) is 1. The molecule has 0 bridgehead atoms. The summed E-state index contributed by atoms with van der Waals surface area (Å²) in [5, 5.41) is 0. The highest BCUT2D eigenvalue weighted by Gasteiger charge is 2.33. The zero-order chi connectivity index (χ0) is 17.2. The van der Waals surface area contributed by atoms with Gasteiger partial charge in [-0.25, -0.2) is 4.98 Å². The van der Waals surface area contributed by atoms with Gasteiger partial charge in [0, 0.05) is 25.8 Å². The van der Waals surface area contributed by atoms with Crippen molar-refractivity contribution in [2.24, 2.45) is 0 Å². The van der Waals surface area contributed by atoms with E-state index >= 15 is 0 Å². The van der Waals surface area contributed by atoms with Crippen LogP contribution in [0.2, 0.25) is 0 Å². The molecule has 0 N–H and O–H groups in total. The average Bonchev–Trinajstić information content (AvgIpc) is 2.98. The van der Waals surface area contributed by atoms with E-state index in [1.165, 1.54) is 5.69 Å². The number of piperidine rings is 1. The fraction of sp³-hybridized carbons (Fsp3) is 0.579. The van der Waals surface area contributed by atoms with Gasteiger partial charge in [0.1, 0.15) is 5.65 Å². The molecule has 0 radical (unpaired) electrons. The summed E-state index contributed by atoms with van der Waals surface area (Å²) >= 11 is 0. The van der Waals surface area contributed by atoms with Crippen LogP contribution in [0.5, 0.6) is 0 Å². The van der Waals surface area contributed by atoms with Crippen molar-refractivity contribution < 1.29 is 9.53 Å². The minimum Gasteiger partial charge on any atom is -0.378 e. The van der Waals surface area contributed by atoms with E-state index < -0.39 is 0 Å². The van der Waals surface area contributed by atoms with Crippen LogP contribution in [-0.4, -0.2) is 64.0 Å². The molecule has 0 aliphatic carbocycles. The molecule has 2 fully saturated rings. The molecule has 0 aromatic carbocycles. The number of hydrogen-bond acceptors (Lipinski definition) is 4. The van der Waals surface area contributed by atoms with E-state index in [2.05, 4.69) is 27.4 Å². The van der Waals surface area contributed by atoms with Crippen LogP contribution in [-0.2, 0) is 16.1 Å². The molecule has 2 aromatic rings. The number of carbonyl (C=O) groups is 1. The molecule has 6 nitrogen and oxygen atoms in total. The van der Waals surface area contributed by atoms with E-state index in [1.54, 1.807) is 0 Å². The lowest BCUT2D eigenvalue weighted by Gasteiger charge is -2.38. The van der Waals surface area contributed by atoms with E-state index in [-0.39, 0.29) is 11.9 Å². The van der Waals surface area contributed by atoms with Gasteiger partial charge in [0.25, 0.3) is 0 Å². The number of amides is 1. The average molecular weight is 342 g/mol. The van der Waals surface area contributed by atoms with Crippen LogP contribution >= 0.6 is 0 Å². The van der Waals surface area contributed by atoms with Crippen LogP contribution in [0, 0.1) is 6.92 Å². The highest BCUT2D eigenvalue weighted by Crippen LogP contribution is 2.23. The molecule has 1 atom stereocenters. The maximum Gasteiger partial charge on any atom is 0.240 e. The smallest absolute Gasteiger partial charge is 0.240 e. The van der Waals surface area contributed by atoms with E-state index in [1.807, 2.05) is 23.1 Å². The second kappa shape index (κ2) is 7.14. The fourth-order valence-corrected chi connectivity index (χ4v) is 4.00. The van der Waals surface area contributed by atoms with Gasteiger partial charge in [-0.1, -0.05) is 12.5 Å². The number of pyridine rings is 1. The van der Waals surface area contributed by atoms with Gasteiger partial charge in [0.05, 0.1) is 30.6 Å². The molecule has 2 aromatic heterocycles. The number of aryl methyl sites for hydroxylation is 1. The van der Waals surface area contributed by atoms with Crippen molar-refractivity contribution in [2.75, 3.05) is 32.8 Å². The second-order valence-corrected chi connectivity index (χ2v) is 6.99. The summed E-state index contributed by atoms with van der Waals surface area (Å²) < 4.78 is 7.55. The van der Waals surface area contributed by atoms with Crippen molar-refractivity contribution in [1.29, 1.82) is 0 Å². The minimum absolute atomic E-state index is 0.0134. The predicted octanol–water partition coefficient (Wildman–Crippen LogP) is 1.86. The summed E-state index contributed by atoms with van der Waals surface area (Å²) in [7, 11) is 0. The van der Waals surface area contributed by atoms with E-state index in [0.29, 0.717) is 13.2 Å². The molecule has 4 rings (SSSR count). The number of carbonyl (C=O) groups excluding carboxylic acids is 1. The van der Waals surface area contributed by atoms with Crippen LogP contribution < -0.4 is 0 Å². The molecule has 4 heterocycles. The summed E-state index contributed by atoms with van der Waals surface area (Å²) in [5.41, 5.74) is 3.22. The van der Waals surface area contributed by atoms with E-state index in [0.717, 1.165) is 56.8 Å². The van der Waals surface area contributed by atoms with Gasteiger partial charge in [0.2, 0.25) is 5.91 Å². The molecule has 6 heteroatoms. The van der Waals surface area contributed by atoms with Crippen molar-refractivity contribution in [1.82, 2.24) is 19.2 Å².